The molecule has 22 heavy (non-hydrogen) atoms. The molecule has 114 valence electrons. The molecule has 3 aromatic rings. The Morgan fingerprint density at radius 3 is 2.68 bits per heavy atom. The molecule has 0 aliphatic heterocycles. The molecule has 0 bridgehead atoms. The number of aryl methyl sites for hydroxylation is 2. The van der Waals surface area contributed by atoms with Gasteiger partial charge in [-0.2, -0.15) is 0 Å². The number of rotatable bonds is 3. The number of carbonyl (C=O) groups excluding carboxylic acids is 1. The number of hydrogen-bond acceptors (Lipinski definition) is 6. The number of hydrogen-bond donors (Lipinski definition) is 1. The number of amides is 1. The first kappa shape index (κ1) is 15.2. The first-order chi connectivity index (χ1) is 10.5. The van der Waals surface area contributed by atoms with Gasteiger partial charge in [0.25, 0.3) is 5.91 Å². The molecular weight excluding hydrogens is 342 g/mol. The van der Waals surface area contributed by atoms with Gasteiger partial charge in [0.05, 0.1) is 27.5 Å². The lowest BCUT2D eigenvalue weighted by Crippen LogP contribution is -2.11. The molecule has 1 N–H and O–H groups in total. The van der Waals surface area contributed by atoms with Crippen molar-refractivity contribution in [2.45, 2.75) is 13.8 Å². The third-order valence-electron chi connectivity index (χ3n) is 3.01. The molecule has 0 fully saturated rings. The first-order valence-electron chi connectivity index (χ1n) is 6.38. The number of halogens is 1. The van der Waals surface area contributed by atoms with Gasteiger partial charge in [0.2, 0.25) is 0 Å². The molecular formula is C14H12ClN3O2S2. The summed E-state index contributed by atoms with van der Waals surface area (Å²) in [5.41, 5.74) is 1.37. The Kier molecular flexibility index (Phi) is 4.03. The van der Waals surface area contributed by atoms with Crippen molar-refractivity contribution in [1.82, 2.24) is 9.97 Å². The van der Waals surface area contributed by atoms with Crippen molar-refractivity contribution in [3.63, 3.8) is 0 Å². The predicted molar refractivity (Wildman–Crippen MR) is 90.7 cm³/mol. The second-order valence-electron chi connectivity index (χ2n) is 4.55. The van der Waals surface area contributed by atoms with Crippen LogP contribution >= 0.6 is 34.3 Å². The Labute approximate surface area is 139 Å². The van der Waals surface area contributed by atoms with Gasteiger partial charge in [-0.25, -0.2) is 9.97 Å². The number of benzene rings is 1. The average Bonchev–Trinajstić information content (AvgIpc) is 3.03. The molecule has 1 amide bonds. The minimum absolute atomic E-state index is 0.211. The van der Waals surface area contributed by atoms with Crippen LogP contribution in [0.5, 0.6) is 5.75 Å². The molecule has 0 spiro atoms. The minimum atomic E-state index is -0.211. The molecule has 0 aliphatic carbocycles. The normalized spacial score (nSPS) is 10.9. The topological polar surface area (TPSA) is 64.1 Å². The summed E-state index contributed by atoms with van der Waals surface area (Å²) in [6.45, 7) is 3.69. The molecule has 0 saturated heterocycles. The van der Waals surface area contributed by atoms with Crippen LogP contribution in [0.3, 0.4) is 0 Å². The maximum Gasteiger partial charge on any atom is 0.269 e. The highest BCUT2D eigenvalue weighted by molar-refractivity contribution is 7.23. The van der Waals surface area contributed by atoms with Crippen molar-refractivity contribution in [2.24, 2.45) is 0 Å². The van der Waals surface area contributed by atoms with Crippen molar-refractivity contribution in [1.29, 1.82) is 0 Å². The minimum Gasteiger partial charge on any atom is -0.494 e. The van der Waals surface area contributed by atoms with Crippen LogP contribution in [0.1, 0.15) is 20.4 Å². The summed E-state index contributed by atoms with van der Waals surface area (Å²) in [7, 11) is 1.57. The molecule has 8 heteroatoms. The second-order valence-corrected chi connectivity index (χ2v) is 7.16. The van der Waals surface area contributed by atoms with Crippen molar-refractivity contribution in [2.75, 3.05) is 12.4 Å². The summed E-state index contributed by atoms with van der Waals surface area (Å²) >= 11 is 8.86. The van der Waals surface area contributed by atoms with Gasteiger partial charge in [-0.3, -0.25) is 10.1 Å². The van der Waals surface area contributed by atoms with Gasteiger partial charge in [0, 0.05) is 0 Å². The van der Waals surface area contributed by atoms with Gasteiger partial charge < -0.3 is 4.74 Å². The molecule has 2 aromatic heterocycles. The fraction of sp³-hybridized carbons (Fsp3) is 0.214. The van der Waals surface area contributed by atoms with Crippen LogP contribution in [-0.4, -0.2) is 23.0 Å². The third-order valence-corrected chi connectivity index (χ3v) is 5.51. The highest BCUT2D eigenvalue weighted by atomic mass is 35.5. The standard InChI is InChI=1S/C14H12ClN3O2S2/c1-6-11(21-7(2)16-6)13(19)18-14-17-10-9(20-3)5-4-8(15)12(10)22-14/h4-5H,1-3H3,(H,17,18,19). The van der Waals surface area contributed by atoms with E-state index in [0.29, 0.717) is 26.3 Å². The highest BCUT2D eigenvalue weighted by Crippen LogP contribution is 2.37. The van der Waals surface area contributed by atoms with Gasteiger partial charge in [0.15, 0.2) is 5.13 Å². The molecule has 1 aromatic carbocycles. The highest BCUT2D eigenvalue weighted by Gasteiger charge is 2.17. The molecule has 0 aliphatic rings. The summed E-state index contributed by atoms with van der Waals surface area (Å²) < 4.78 is 6.06. The summed E-state index contributed by atoms with van der Waals surface area (Å²) in [4.78, 5) is 21.6. The van der Waals surface area contributed by atoms with Crippen molar-refractivity contribution >= 4 is 55.5 Å². The van der Waals surface area contributed by atoms with Crippen molar-refractivity contribution in [3.05, 3.63) is 32.7 Å². The van der Waals surface area contributed by atoms with Crippen LogP contribution in [0.2, 0.25) is 5.02 Å². The molecule has 0 atom stereocenters. The molecule has 3 rings (SSSR count). The number of methoxy groups -OCH3 is 1. The number of carbonyl (C=O) groups is 1. The average molecular weight is 354 g/mol. The lowest BCUT2D eigenvalue weighted by molar-refractivity contribution is 0.103. The Morgan fingerprint density at radius 2 is 2.05 bits per heavy atom. The fourth-order valence-corrected chi connectivity index (χ4v) is 4.03. The number of thiazole rings is 2. The van der Waals surface area contributed by atoms with Gasteiger partial charge in [-0.1, -0.05) is 22.9 Å². The molecule has 5 nitrogen and oxygen atoms in total. The molecule has 0 radical (unpaired) electrons. The number of aromatic nitrogens is 2. The Bertz CT molecular complexity index is 872. The van der Waals surface area contributed by atoms with E-state index in [0.717, 1.165) is 15.4 Å². The summed E-state index contributed by atoms with van der Waals surface area (Å²) in [6, 6.07) is 3.51. The number of fused-ring (bicyclic) bond motifs is 1. The lowest BCUT2D eigenvalue weighted by atomic mass is 10.3. The van der Waals surface area contributed by atoms with Crippen LogP contribution < -0.4 is 10.1 Å². The molecule has 2 heterocycles. The van der Waals surface area contributed by atoms with E-state index in [9.17, 15) is 4.79 Å². The van der Waals surface area contributed by atoms with Crippen LogP contribution in [0.4, 0.5) is 5.13 Å². The Morgan fingerprint density at radius 1 is 1.27 bits per heavy atom. The molecule has 0 unspecified atom stereocenters. The zero-order valence-corrected chi connectivity index (χ0v) is 14.4. The molecule has 0 saturated carbocycles. The zero-order valence-electron chi connectivity index (χ0n) is 12.1. The Balaban J connectivity index is 1.96. The van der Waals surface area contributed by atoms with E-state index in [-0.39, 0.29) is 5.91 Å². The summed E-state index contributed by atoms with van der Waals surface area (Å²) in [5.74, 6) is 0.415. The Hall–Kier alpha value is -1.70. The van der Waals surface area contributed by atoms with Crippen molar-refractivity contribution < 1.29 is 9.53 Å². The second kappa shape index (κ2) is 5.83. The van der Waals surface area contributed by atoms with E-state index in [1.165, 1.54) is 22.7 Å². The number of nitrogens with one attached hydrogen (secondary N) is 1. The predicted octanol–water partition coefficient (Wildman–Crippen LogP) is 4.28. The van der Waals surface area contributed by atoms with Gasteiger partial charge >= 0.3 is 0 Å². The fourth-order valence-electron chi connectivity index (χ4n) is 2.07. The number of anilines is 1. The van der Waals surface area contributed by atoms with E-state index in [1.54, 1.807) is 19.2 Å². The quantitative estimate of drug-likeness (QED) is 0.763. The number of ether oxygens (including phenoxy) is 1. The smallest absolute Gasteiger partial charge is 0.269 e. The van der Waals surface area contributed by atoms with Crippen LogP contribution in [-0.2, 0) is 0 Å². The maximum atomic E-state index is 12.3. The van der Waals surface area contributed by atoms with Crippen LogP contribution in [0, 0.1) is 13.8 Å². The van der Waals surface area contributed by atoms with Gasteiger partial charge in [-0.15, -0.1) is 11.3 Å². The largest absolute Gasteiger partial charge is 0.494 e. The van der Waals surface area contributed by atoms with E-state index in [1.807, 2.05) is 13.8 Å². The summed E-state index contributed by atoms with van der Waals surface area (Å²) in [6.07, 6.45) is 0. The van der Waals surface area contributed by atoms with Gasteiger partial charge in [-0.05, 0) is 26.0 Å². The van der Waals surface area contributed by atoms with E-state index < -0.39 is 0 Å². The van der Waals surface area contributed by atoms with Crippen LogP contribution in [0.25, 0.3) is 10.2 Å². The third kappa shape index (κ3) is 2.67. The monoisotopic (exact) mass is 353 g/mol. The number of nitrogens with zero attached hydrogens (tertiary/aromatic N) is 2. The maximum absolute atomic E-state index is 12.3. The lowest BCUT2D eigenvalue weighted by Gasteiger charge is -2.00. The van der Waals surface area contributed by atoms with E-state index >= 15 is 0 Å². The zero-order chi connectivity index (χ0) is 15.9. The van der Waals surface area contributed by atoms with Gasteiger partial charge in [0.1, 0.15) is 16.1 Å². The first-order valence-corrected chi connectivity index (χ1v) is 8.39. The van der Waals surface area contributed by atoms with E-state index in [2.05, 4.69) is 15.3 Å². The van der Waals surface area contributed by atoms with E-state index in [4.69, 9.17) is 16.3 Å². The van der Waals surface area contributed by atoms with Crippen molar-refractivity contribution in [3.8, 4) is 5.75 Å². The SMILES string of the molecule is COc1ccc(Cl)c2sc(NC(=O)c3sc(C)nc3C)nc12. The van der Waals surface area contributed by atoms with Crippen LogP contribution in [0.15, 0.2) is 12.1 Å². The summed E-state index contributed by atoms with van der Waals surface area (Å²) in [5, 5.41) is 4.73.